The predicted octanol–water partition coefficient (Wildman–Crippen LogP) is 0.627. The Morgan fingerprint density at radius 3 is 2.57 bits per heavy atom. The molecule has 1 rings (SSSR count). The minimum atomic E-state index is -0.491. The van der Waals surface area contributed by atoms with E-state index in [9.17, 15) is 5.11 Å². The smallest absolute Gasteiger partial charge is 0.167 e. The maximum atomic E-state index is 9.33. The van der Waals surface area contributed by atoms with Crippen molar-refractivity contribution in [3.8, 4) is 23.3 Å². The summed E-state index contributed by atoms with van der Waals surface area (Å²) in [7, 11) is 0. The Balaban J connectivity index is 3.36. The number of hydrogen-bond acceptors (Lipinski definition) is 5. The van der Waals surface area contributed by atoms with Crippen LogP contribution in [0.3, 0.4) is 0 Å². The van der Waals surface area contributed by atoms with E-state index in [0.29, 0.717) is 0 Å². The van der Waals surface area contributed by atoms with E-state index in [4.69, 9.17) is 21.2 Å². The van der Waals surface area contributed by atoms with E-state index < -0.39 is 11.5 Å². The van der Waals surface area contributed by atoms with Gasteiger partial charge in [-0.25, -0.2) is 0 Å². The van der Waals surface area contributed by atoms with E-state index >= 15 is 0 Å². The molecule has 0 saturated heterocycles. The summed E-state index contributed by atoms with van der Waals surface area (Å²) in [5, 5.41) is 35.9. The fourth-order valence-electron chi connectivity index (χ4n) is 0.972. The van der Waals surface area contributed by atoms with Gasteiger partial charge in [0.05, 0.1) is 11.8 Å². The molecule has 1 aromatic rings. The van der Waals surface area contributed by atoms with Crippen molar-refractivity contribution >= 4 is 5.70 Å². The van der Waals surface area contributed by atoms with E-state index in [1.807, 2.05) is 0 Å². The quantitative estimate of drug-likeness (QED) is 0.296. The van der Waals surface area contributed by atoms with Crippen LogP contribution in [0.2, 0.25) is 0 Å². The second kappa shape index (κ2) is 3.58. The maximum absolute atomic E-state index is 9.33. The van der Waals surface area contributed by atoms with Gasteiger partial charge < -0.3 is 21.1 Å². The molecule has 0 spiro atoms. The van der Waals surface area contributed by atoms with Crippen molar-refractivity contribution < 1.29 is 15.3 Å². The Kier molecular flexibility index (Phi) is 2.49. The third-order valence-corrected chi connectivity index (χ3v) is 1.61. The Hall–Kier alpha value is -2.35. The molecule has 0 aromatic heterocycles. The summed E-state index contributed by atoms with van der Waals surface area (Å²) in [5.41, 5.74) is 5.39. The molecule has 0 amide bonds. The first kappa shape index (κ1) is 9.74. The van der Waals surface area contributed by atoms with Crippen molar-refractivity contribution in [2.75, 3.05) is 0 Å². The average molecular weight is 192 g/mol. The van der Waals surface area contributed by atoms with Crippen molar-refractivity contribution in [2.45, 2.75) is 0 Å². The van der Waals surface area contributed by atoms with Crippen LogP contribution in [-0.4, -0.2) is 15.3 Å². The molecule has 72 valence electrons. The van der Waals surface area contributed by atoms with Crippen LogP contribution in [0.4, 0.5) is 0 Å². The van der Waals surface area contributed by atoms with Crippen molar-refractivity contribution in [3.05, 3.63) is 23.8 Å². The number of nitrogens with two attached hydrogens (primary N) is 1. The van der Waals surface area contributed by atoms with Gasteiger partial charge in [-0.15, -0.1) is 0 Å². The van der Waals surface area contributed by atoms with Crippen LogP contribution < -0.4 is 5.73 Å². The average Bonchev–Trinajstić information content (AvgIpc) is 2.11. The molecule has 0 fully saturated rings. The molecular weight excluding hydrogens is 184 g/mol. The Morgan fingerprint density at radius 1 is 1.36 bits per heavy atom. The fourth-order valence-corrected chi connectivity index (χ4v) is 0.972. The van der Waals surface area contributed by atoms with Gasteiger partial charge in [-0.3, -0.25) is 0 Å². The van der Waals surface area contributed by atoms with Gasteiger partial charge in [0.1, 0.15) is 5.75 Å². The molecule has 0 aliphatic heterocycles. The zero-order valence-electron chi connectivity index (χ0n) is 7.10. The molecular formula is C9H8N2O3. The summed E-state index contributed by atoms with van der Waals surface area (Å²) in [4.78, 5) is 0. The highest BCUT2D eigenvalue weighted by Gasteiger charge is 2.10. The second-order valence-corrected chi connectivity index (χ2v) is 2.59. The molecule has 5 N–H and O–H groups in total. The number of rotatable bonds is 1. The Bertz CT molecular complexity index is 432. The Labute approximate surface area is 80.0 Å². The normalized spacial score (nSPS) is 10.9. The fraction of sp³-hybridized carbons (Fsp3) is 0. The van der Waals surface area contributed by atoms with E-state index in [2.05, 4.69) is 0 Å². The van der Waals surface area contributed by atoms with Gasteiger partial charge in [0.15, 0.2) is 11.5 Å². The molecule has 0 bridgehead atoms. The number of allylic oxidation sites excluding steroid dienone is 1. The number of hydrogen-bond donors (Lipinski definition) is 4. The van der Waals surface area contributed by atoms with Gasteiger partial charge in [-0.2, -0.15) is 5.26 Å². The summed E-state index contributed by atoms with van der Waals surface area (Å²) in [6.07, 6.45) is 0.994. The summed E-state index contributed by atoms with van der Waals surface area (Å²) in [5.74, 6) is -1.20. The first-order valence-corrected chi connectivity index (χ1v) is 3.67. The van der Waals surface area contributed by atoms with Gasteiger partial charge in [-0.05, 0) is 6.07 Å². The number of phenols is 3. The van der Waals surface area contributed by atoms with E-state index in [1.54, 1.807) is 6.07 Å². The van der Waals surface area contributed by atoms with Gasteiger partial charge in [0.25, 0.3) is 0 Å². The van der Waals surface area contributed by atoms with Crippen LogP contribution in [0.25, 0.3) is 5.70 Å². The van der Waals surface area contributed by atoms with Gasteiger partial charge >= 0.3 is 0 Å². The zero-order valence-corrected chi connectivity index (χ0v) is 7.10. The lowest BCUT2D eigenvalue weighted by Crippen LogP contribution is -1.96. The lowest BCUT2D eigenvalue weighted by Gasteiger charge is -2.06. The highest BCUT2D eigenvalue weighted by atomic mass is 16.3. The minimum Gasteiger partial charge on any atom is -0.508 e. The molecule has 0 aliphatic carbocycles. The van der Waals surface area contributed by atoms with E-state index in [0.717, 1.165) is 18.2 Å². The predicted molar refractivity (Wildman–Crippen MR) is 49.2 cm³/mol. The van der Waals surface area contributed by atoms with Crippen molar-refractivity contribution in [2.24, 2.45) is 5.73 Å². The maximum Gasteiger partial charge on any atom is 0.167 e. The van der Waals surface area contributed by atoms with Crippen LogP contribution in [0.5, 0.6) is 17.2 Å². The molecule has 0 atom stereocenters. The molecule has 0 heterocycles. The zero-order chi connectivity index (χ0) is 10.7. The number of phenolic OH excluding ortho intramolecular Hbond substituents is 3. The standard InChI is InChI=1S/C9H8N2O3/c10-2-1-7(11)6-3-5(12)4-8(13)9(6)14/h1,3-4,12-14H,11H2/b7-1+. The highest BCUT2D eigenvalue weighted by molar-refractivity contribution is 5.73. The lowest BCUT2D eigenvalue weighted by molar-refractivity contribution is 0.395. The third kappa shape index (κ3) is 1.69. The van der Waals surface area contributed by atoms with Crippen LogP contribution in [0, 0.1) is 11.3 Å². The monoisotopic (exact) mass is 192 g/mol. The molecule has 0 radical (unpaired) electrons. The van der Waals surface area contributed by atoms with Crippen LogP contribution >= 0.6 is 0 Å². The van der Waals surface area contributed by atoms with E-state index in [-0.39, 0.29) is 17.0 Å². The Morgan fingerprint density at radius 2 is 2.00 bits per heavy atom. The molecule has 1 aromatic carbocycles. The second-order valence-electron chi connectivity index (χ2n) is 2.59. The molecule has 0 saturated carbocycles. The van der Waals surface area contributed by atoms with Crippen molar-refractivity contribution in [1.82, 2.24) is 0 Å². The highest BCUT2D eigenvalue weighted by Crippen LogP contribution is 2.35. The van der Waals surface area contributed by atoms with Crippen LogP contribution in [-0.2, 0) is 0 Å². The molecule has 5 nitrogen and oxygen atoms in total. The number of aromatic hydroxyl groups is 3. The lowest BCUT2D eigenvalue weighted by atomic mass is 10.1. The summed E-state index contributed by atoms with van der Waals surface area (Å²) < 4.78 is 0. The van der Waals surface area contributed by atoms with E-state index in [1.165, 1.54) is 0 Å². The SMILES string of the molecule is N#C/C=C(/N)c1cc(O)cc(O)c1O. The largest absolute Gasteiger partial charge is 0.508 e. The van der Waals surface area contributed by atoms with Crippen molar-refractivity contribution in [3.63, 3.8) is 0 Å². The van der Waals surface area contributed by atoms with Crippen LogP contribution in [0.1, 0.15) is 5.56 Å². The summed E-state index contributed by atoms with van der Waals surface area (Å²) in [6.45, 7) is 0. The first-order chi connectivity index (χ1) is 6.56. The first-order valence-electron chi connectivity index (χ1n) is 3.67. The van der Waals surface area contributed by atoms with Crippen molar-refractivity contribution in [1.29, 1.82) is 5.26 Å². The molecule has 14 heavy (non-hydrogen) atoms. The van der Waals surface area contributed by atoms with Crippen LogP contribution in [0.15, 0.2) is 18.2 Å². The summed E-state index contributed by atoms with van der Waals surface area (Å²) in [6, 6.07) is 3.79. The minimum absolute atomic E-state index is 0.0176. The van der Waals surface area contributed by atoms with Gasteiger partial charge in [0, 0.05) is 17.7 Å². The topological polar surface area (TPSA) is 111 Å². The molecule has 0 unspecified atom stereocenters. The van der Waals surface area contributed by atoms with Gasteiger partial charge in [0.2, 0.25) is 0 Å². The molecule has 5 heteroatoms. The number of benzene rings is 1. The number of nitriles is 1. The number of nitrogens with zero attached hydrogens (tertiary/aromatic N) is 1. The molecule has 0 aliphatic rings. The third-order valence-electron chi connectivity index (χ3n) is 1.61. The van der Waals surface area contributed by atoms with Gasteiger partial charge in [-0.1, -0.05) is 0 Å². The summed E-state index contributed by atoms with van der Waals surface area (Å²) >= 11 is 0.